The molecule has 8 heteroatoms. The van der Waals surface area contributed by atoms with Crippen molar-refractivity contribution in [3.63, 3.8) is 0 Å². The molecule has 4 rings (SSSR count). The Bertz CT molecular complexity index is 1090. The molecule has 0 heterocycles. The van der Waals surface area contributed by atoms with Gasteiger partial charge in [0.15, 0.2) is 0 Å². The zero-order valence-corrected chi connectivity index (χ0v) is 29.8. The average molecular weight is 640 g/mol. The molecular weight excluding hydrogens is 574 g/mol. The van der Waals surface area contributed by atoms with Gasteiger partial charge in [-0.05, 0) is 116 Å². The molecule has 0 aromatic heterocycles. The molecule has 3 fully saturated rings. The van der Waals surface area contributed by atoms with Crippen LogP contribution < -0.4 is 10.6 Å². The molecule has 0 aromatic rings. The summed E-state index contributed by atoms with van der Waals surface area (Å²) in [6.45, 7) is 14.1. The summed E-state index contributed by atoms with van der Waals surface area (Å²) in [7, 11) is 0. The second-order valence-electron chi connectivity index (χ2n) is 16.3. The van der Waals surface area contributed by atoms with Gasteiger partial charge in [0.05, 0.1) is 6.10 Å². The molecule has 4 aliphatic carbocycles. The lowest BCUT2D eigenvalue weighted by atomic mass is 9.47. The Morgan fingerprint density at radius 2 is 1.74 bits per heavy atom. The number of rotatable bonds is 18. The van der Waals surface area contributed by atoms with Gasteiger partial charge in [-0.3, -0.25) is 9.59 Å². The first-order valence-electron chi connectivity index (χ1n) is 18.9. The third kappa shape index (κ3) is 9.30. The number of nitrogens with zero attached hydrogens (tertiary/aromatic N) is 3. The zero-order chi connectivity index (χ0) is 33.2. The highest BCUT2D eigenvalue weighted by Crippen LogP contribution is 2.67. The quantitative estimate of drug-likeness (QED) is 0.0513. The highest BCUT2D eigenvalue weighted by molar-refractivity contribution is 5.79. The molecule has 2 amide bonds. The third-order valence-electron chi connectivity index (χ3n) is 13.0. The maximum atomic E-state index is 12.5. The molecule has 0 aliphatic heterocycles. The molecule has 3 saturated carbocycles. The van der Waals surface area contributed by atoms with Crippen LogP contribution in [0, 0.1) is 46.3 Å². The van der Waals surface area contributed by atoms with E-state index in [2.05, 4.69) is 61.4 Å². The number of hydrogen-bond acceptors (Lipinski definition) is 4. The predicted molar refractivity (Wildman–Crippen MR) is 186 cm³/mol. The van der Waals surface area contributed by atoms with Crippen LogP contribution in [0.25, 0.3) is 10.4 Å². The van der Waals surface area contributed by atoms with E-state index < -0.39 is 0 Å². The zero-order valence-electron chi connectivity index (χ0n) is 29.8. The Hall–Kier alpha value is -2.05. The Balaban J connectivity index is 1.16. The van der Waals surface area contributed by atoms with Crippen LogP contribution in [0.3, 0.4) is 0 Å². The topological polar surface area (TPSA) is 116 Å². The molecule has 0 spiro atoms. The Labute approximate surface area is 279 Å². The Morgan fingerprint density at radius 3 is 2.52 bits per heavy atom. The van der Waals surface area contributed by atoms with Crippen LogP contribution in [0.15, 0.2) is 16.8 Å². The molecule has 0 bridgehead atoms. The van der Waals surface area contributed by atoms with E-state index in [0.29, 0.717) is 25.0 Å². The van der Waals surface area contributed by atoms with E-state index >= 15 is 0 Å². The molecule has 0 aromatic carbocycles. The fourth-order valence-electron chi connectivity index (χ4n) is 10.4. The van der Waals surface area contributed by atoms with Gasteiger partial charge in [0.2, 0.25) is 11.8 Å². The molecule has 46 heavy (non-hydrogen) atoms. The fraction of sp³-hybridized carbons (Fsp3) is 0.895. The summed E-state index contributed by atoms with van der Waals surface area (Å²) in [6, 6.07) is 0. The number of hydrogen-bond donors (Lipinski definition) is 2. The number of allylic oxidation sites excluding steroid dienone is 1. The van der Waals surface area contributed by atoms with Gasteiger partial charge in [0, 0.05) is 31.0 Å². The minimum absolute atomic E-state index is 0.0447. The monoisotopic (exact) mass is 640 g/mol. The number of azide groups is 1. The average Bonchev–Trinajstić information content (AvgIpc) is 3.38. The van der Waals surface area contributed by atoms with Crippen molar-refractivity contribution in [1.29, 1.82) is 0 Å². The second-order valence-corrected chi connectivity index (χ2v) is 16.3. The second kappa shape index (κ2) is 17.4. The standard InChI is InChI=1S/C38H65N5O3/c1-27(2)11-10-12-28(3)32-15-16-33-31-14-13-29-25-30(17-20-37(29,4)34(31)18-21-38(32,33)5)46-26-36(45)41-24-19-35(44)40-22-8-6-7-9-23-42-43-39/h13,27-28,30-34H,6-12,14-26H2,1-5H3,(H,40,44)(H,41,45)/t28-,30+,31+,32-,33+,34+,37+,38-/m1/s1. The van der Waals surface area contributed by atoms with Gasteiger partial charge < -0.3 is 15.4 Å². The first kappa shape index (κ1) is 36.8. The van der Waals surface area contributed by atoms with Crippen LogP contribution in [-0.4, -0.2) is 44.2 Å². The number of amides is 2. The summed E-state index contributed by atoms with van der Waals surface area (Å²) in [5.41, 5.74) is 10.7. The van der Waals surface area contributed by atoms with Crippen LogP contribution in [0.4, 0.5) is 0 Å². The van der Waals surface area contributed by atoms with Gasteiger partial charge in [0.1, 0.15) is 6.61 Å². The number of carbonyl (C=O) groups excluding carboxylic acids is 2. The van der Waals surface area contributed by atoms with Crippen molar-refractivity contribution in [1.82, 2.24) is 10.6 Å². The highest BCUT2D eigenvalue weighted by Gasteiger charge is 2.59. The number of carbonyl (C=O) groups is 2. The van der Waals surface area contributed by atoms with Crippen LogP contribution in [0.2, 0.25) is 0 Å². The lowest BCUT2D eigenvalue weighted by Crippen LogP contribution is -2.51. The first-order valence-corrected chi connectivity index (χ1v) is 18.9. The third-order valence-corrected chi connectivity index (χ3v) is 13.0. The Morgan fingerprint density at radius 1 is 0.957 bits per heavy atom. The normalized spacial score (nSPS) is 32.4. The van der Waals surface area contributed by atoms with Crippen LogP contribution in [-0.2, 0) is 14.3 Å². The van der Waals surface area contributed by atoms with Gasteiger partial charge in [0.25, 0.3) is 0 Å². The minimum atomic E-state index is -0.139. The lowest BCUT2D eigenvalue weighted by molar-refractivity contribution is -0.129. The highest BCUT2D eigenvalue weighted by atomic mass is 16.5. The van der Waals surface area contributed by atoms with E-state index in [1.54, 1.807) is 5.57 Å². The maximum Gasteiger partial charge on any atom is 0.246 e. The van der Waals surface area contributed by atoms with Crippen LogP contribution in [0.1, 0.15) is 137 Å². The van der Waals surface area contributed by atoms with E-state index in [1.165, 1.54) is 57.8 Å². The molecule has 8 nitrogen and oxygen atoms in total. The van der Waals surface area contributed by atoms with Crippen molar-refractivity contribution in [2.24, 2.45) is 51.5 Å². The van der Waals surface area contributed by atoms with E-state index in [0.717, 1.165) is 74.0 Å². The molecule has 260 valence electrons. The van der Waals surface area contributed by atoms with Crippen LogP contribution >= 0.6 is 0 Å². The number of nitrogens with one attached hydrogen (secondary N) is 2. The minimum Gasteiger partial charge on any atom is -0.368 e. The maximum absolute atomic E-state index is 12.5. The van der Waals surface area contributed by atoms with Crippen molar-refractivity contribution < 1.29 is 14.3 Å². The predicted octanol–water partition coefficient (Wildman–Crippen LogP) is 8.91. The molecule has 0 unspecified atom stereocenters. The van der Waals surface area contributed by atoms with E-state index in [-0.39, 0.29) is 36.4 Å². The molecule has 0 radical (unpaired) electrons. The van der Waals surface area contributed by atoms with Crippen molar-refractivity contribution >= 4 is 11.8 Å². The summed E-state index contributed by atoms with van der Waals surface area (Å²) in [5.74, 6) is 4.87. The van der Waals surface area contributed by atoms with Crippen molar-refractivity contribution in [2.75, 3.05) is 26.2 Å². The molecule has 0 saturated heterocycles. The molecule has 2 N–H and O–H groups in total. The van der Waals surface area contributed by atoms with Gasteiger partial charge in [-0.25, -0.2) is 0 Å². The summed E-state index contributed by atoms with van der Waals surface area (Å²) in [5, 5.41) is 9.30. The smallest absolute Gasteiger partial charge is 0.246 e. The summed E-state index contributed by atoms with van der Waals surface area (Å²) in [6.07, 6.45) is 20.9. The van der Waals surface area contributed by atoms with E-state index in [4.69, 9.17) is 10.3 Å². The SMILES string of the molecule is CC(C)CCC[C@@H](C)[C@H]1CC[C@H]2[C@@H]3CC=C4C[C@@H](OCC(=O)NCCC(=O)NCCCCCCN=[N+]=[N-])CC[C@]4(C)[C@H]3CC[C@]12C. The van der Waals surface area contributed by atoms with Gasteiger partial charge in [-0.15, -0.1) is 0 Å². The Kier molecular flexibility index (Phi) is 13.9. The van der Waals surface area contributed by atoms with Crippen molar-refractivity contribution in [3.8, 4) is 0 Å². The first-order chi connectivity index (χ1) is 22.1. The summed E-state index contributed by atoms with van der Waals surface area (Å²) in [4.78, 5) is 27.3. The van der Waals surface area contributed by atoms with E-state index in [1.807, 2.05) is 0 Å². The number of fused-ring (bicyclic) bond motifs is 5. The van der Waals surface area contributed by atoms with Gasteiger partial charge in [-0.2, -0.15) is 0 Å². The summed E-state index contributed by atoms with van der Waals surface area (Å²) < 4.78 is 6.15. The molecular formula is C38H65N5O3. The fourth-order valence-corrected chi connectivity index (χ4v) is 10.4. The van der Waals surface area contributed by atoms with Crippen LogP contribution in [0.5, 0.6) is 0 Å². The van der Waals surface area contributed by atoms with Gasteiger partial charge in [-0.1, -0.05) is 83.5 Å². The van der Waals surface area contributed by atoms with E-state index in [9.17, 15) is 9.59 Å². The largest absolute Gasteiger partial charge is 0.368 e. The number of ether oxygens (including phenoxy) is 1. The molecule has 8 atom stereocenters. The van der Waals surface area contributed by atoms with Gasteiger partial charge >= 0.3 is 0 Å². The van der Waals surface area contributed by atoms with Crippen molar-refractivity contribution in [3.05, 3.63) is 22.1 Å². The lowest BCUT2D eigenvalue weighted by Gasteiger charge is -2.58. The van der Waals surface area contributed by atoms with Crippen molar-refractivity contribution in [2.45, 2.75) is 143 Å². The number of unbranched alkanes of at least 4 members (excludes halogenated alkanes) is 3. The summed E-state index contributed by atoms with van der Waals surface area (Å²) >= 11 is 0. The molecule has 4 aliphatic rings.